The van der Waals surface area contributed by atoms with Gasteiger partial charge in [0.15, 0.2) is 0 Å². The molecule has 17 rings (SSSR count). The molecule has 0 spiro atoms. The summed E-state index contributed by atoms with van der Waals surface area (Å²) in [7, 11) is 0. The van der Waals surface area contributed by atoms with E-state index in [1.165, 1.54) is 118 Å². The Morgan fingerprint density at radius 3 is 1.17 bits per heavy atom. The fraction of sp³-hybridized carbons (Fsp3) is 0.579. The molecule has 5 aromatic rings. The van der Waals surface area contributed by atoms with Gasteiger partial charge in [0, 0.05) is 82.3 Å². The van der Waals surface area contributed by atoms with E-state index in [-0.39, 0.29) is 126 Å². The number of carbonyl (C=O) groups is 9. The number of carboxylic acids is 3. The third-order valence-corrected chi connectivity index (χ3v) is 35.6. The van der Waals surface area contributed by atoms with Gasteiger partial charge in [0.25, 0.3) is 0 Å². The molecule has 21 heteroatoms. The fourth-order valence-corrected chi connectivity index (χ4v) is 28.0. The number of carbonyl (C=O) groups excluding carboxylic acids is 6. The first-order chi connectivity index (χ1) is 64.8. The number of allylic oxidation sites excluding steroid dienone is 9. The van der Waals surface area contributed by atoms with Crippen molar-refractivity contribution < 1.29 is 72.7 Å². The molecule has 2 aromatic carbocycles. The Morgan fingerprint density at radius 2 is 0.793 bits per heavy atom. The minimum atomic E-state index is -1.08. The second kappa shape index (κ2) is 43.1. The highest BCUT2D eigenvalue weighted by Gasteiger charge is 2.61. The van der Waals surface area contributed by atoms with Crippen LogP contribution in [0.5, 0.6) is 0 Å². The number of rotatable bonds is 32. The molecule has 722 valence electrons. The van der Waals surface area contributed by atoms with Crippen LogP contribution in [0.4, 0.5) is 0 Å². The zero-order valence-corrected chi connectivity index (χ0v) is 81.3. The van der Waals surface area contributed by atoms with E-state index in [2.05, 4.69) is 123 Å². The second-order valence-corrected chi connectivity index (χ2v) is 43.0. The molecule has 3 heterocycles. The van der Waals surface area contributed by atoms with Gasteiger partial charge < -0.3 is 44.6 Å². The Labute approximate surface area is 799 Å². The number of unbranched alkanes of at least 4 members (excludes halogenated alkanes) is 5. The summed E-state index contributed by atoms with van der Waals surface area (Å²) < 4.78 is 17.8. The minimum Gasteiger partial charge on any atom is -0.480 e. The van der Waals surface area contributed by atoms with Gasteiger partial charge in [0.1, 0.15) is 36.9 Å². The molecule has 12 aliphatic rings. The summed E-state index contributed by atoms with van der Waals surface area (Å²) in [5, 5.41) is 31.2. The zero-order chi connectivity index (χ0) is 95.6. The van der Waals surface area contributed by atoms with Crippen molar-refractivity contribution in [2.45, 2.75) is 324 Å². The summed E-state index contributed by atoms with van der Waals surface area (Å²) in [5.41, 5.74) is 15.3. The van der Waals surface area contributed by atoms with E-state index in [1.54, 1.807) is 0 Å². The number of aliphatic carboxylic acids is 3. The van der Waals surface area contributed by atoms with Gasteiger partial charge in [-0.1, -0.05) is 219 Å². The largest absolute Gasteiger partial charge is 0.480 e. The average molecular weight is 1840 g/mol. The minimum absolute atomic E-state index is 0.0285. The van der Waals surface area contributed by atoms with Gasteiger partial charge in [-0.25, -0.2) is 9.59 Å². The van der Waals surface area contributed by atoms with E-state index in [0.717, 1.165) is 133 Å². The van der Waals surface area contributed by atoms with Crippen molar-refractivity contribution in [3.8, 4) is 0 Å². The van der Waals surface area contributed by atoms with Gasteiger partial charge in [-0.05, 0) is 284 Å². The molecule has 21 atom stereocenters. The normalized spacial score (nSPS) is 30.9. The molecule has 3 amide bonds. The van der Waals surface area contributed by atoms with Crippen molar-refractivity contribution in [2.75, 3.05) is 6.54 Å². The molecule has 0 radical (unpaired) electrons. The van der Waals surface area contributed by atoms with Crippen molar-refractivity contribution in [3.05, 3.63) is 215 Å². The Balaban J connectivity index is 0.000000154. The monoisotopic (exact) mass is 1840 g/mol. The van der Waals surface area contributed by atoms with Crippen LogP contribution in [0.25, 0.3) is 16.7 Å². The lowest BCUT2D eigenvalue weighted by atomic mass is 9.47. The maximum Gasteiger partial charge on any atom is 0.326 e. The lowest BCUT2D eigenvalue weighted by molar-refractivity contribution is -0.155. The van der Waals surface area contributed by atoms with Crippen LogP contribution in [0.1, 0.15) is 314 Å². The van der Waals surface area contributed by atoms with Crippen LogP contribution in [0, 0.1) is 85.8 Å². The van der Waals surface area contributed by atoms with E-state index in [1.807, 2.05) is 123 Å². The van der Waals surface area contributed by atoms with Gasteiger partial charge >= 0.3 is 35.8 Å². The van der Waals surface area contributed by atoms with E-state index in [9.17, 15) is 58.5 Å². The summed E-state index contributed by atoms with van der Waals surface area (Å²) in [6.07, 6.45) is 54.1. The van der Waals surface area contributed by atoms with Crippen LogP contribution in [0.15, 0.2) is 187 Å². The van der Waals surface area contributed by atoms with Gasteiger partial charge in [0.05, 0.1) is 25.3 Å². The SMILES string of the molecule is CC(c1ccccc1)N(CC(=O)O)C(=O)CCC(=O)O[C@H]1CC[C@@]2(C)C(=CC[C@@H]3[C@@H]2CC[C@]2(C)C(c4cccnc4)=CC[C@@H]32)C1.CCCCCCCCC(NC(=O)CCC(=O)O[C@H]1CC[C@@]2(C)C(=CC[C@@H]3[C@@H]2CC[C@]2(C)C(c4cccnc4)=CC[C@@H]32)C1)C(=O)O.C[C@@H](C(=O)O)N(Cc1ccccc1)C(=O)CCC(=O)O[C@H]1CC[C@@]2(C)C(=CC[C@@H]3[C@@H]2CC[C@]2(C)C(c4cccnc4)=CC[C@@H]32)C1. The maximum atomic E-state index is 13.1. The highest BCUT2D eigenvalue weighted by atomic mass is 16.6. The number of hydrogen-bond acceptors (Lipinski definition) is 15. The number of esters is 3. The quantitative estimate of drug-likeness (QED) is 0.0135. The van der Waals surface area contributed by atoms with E-state index in [4.69, 9.17) is 14.2 Å². The topological polar surface area (TPSA) is 299 Å². The number of carboxylic acid groups (broad SMARTS) is 3. The van der Waals surface area contributed by atoms with E-state index < -0.39 is 48.5 Å². The lowest BCUT2D eigenvalue weighted by Crippen LogP contribution is -2.50. The van der Waals surface area contributed by atoms with E-state index >= 15 is 0 Å². The van der Waals surface area contributed by atoms with Crippen molar-refractivity contribution in [3.63, 3.8) is 0 Å². The van der Waals surface area contributed by atoms with Crippen LogP contribution >= 0.6 is 0 Å². The highest BCUT2D eigenvalue weighted by molar-refractivity contribution is 5.88. The van der Waals surface area contributed by atoms with E-state index in [0.29, 0.717) is 59.7 Å². The number of aromatic nitrogens is 3. The number of benzene rings is 2. The predicted octanol–water partition coefficient (Wildman–Crippen LogP) is 22.7. The third kappa shape index (κ3) is 21.6. The number of fused-ring (bicyclic) bond motifs is 15. The zero-order valence-electron chi connectivity index (χ0n) is 81.3. The number of ether oxygens (including phenoxy) is 3. The van der Waals surface area contributed by atoms with Crippen molar-refractivity contribution in [1.82, 2.24) is 30.1 Å². The molecular formula is C114H146N6O15. The van der Waals surface area contributed by atoms with Gasteiger partial charge in [-0.15, -0.1) is 0 Å². The van der Waals surface area contributed by atoms with Gasteiger partial charge in [-0.2, -0.15) is 0 Å². The smallest absolute Gasteiger partial charge is 0.326 e. The fourth-order valence-electron chi connectivity index (χ4n) is 28.0. The van der Waals surface area contributed by atoms with Crippen molar-refractivity contribution >= 4 is 70.3 Å². The van der Waals surface area contributed by atoms with Crippen LogP contribution in [0.3, 0.4) is 0 Å². The molecule has 21 nitrogen and oxygen atoms in total. The molecule has 0 bridgehead atoms. The molecule has 3 aromatic heterocycles. The summed E-state index contributed by atoms with van der Waals surface area (Å²) in [6.45, 7) is 20.0. The number of nitrogens with zero attached hydrogens (tertiary/aromatic N) is 5. The lowest BCUT2D eigenvalue weighted by Gasteiger charge is -2.57. The Hall–Kier alpha value is -10.4. The molecule has 6 fully saturated rings. The van der Waals surface area contributed by atoms with Gasteiger partial charge in [-0.3, -0.25) is 48.5 Å². The third-order valence-electron chi connectivity index (χ3n) is 35.6. The van der Waals surface area contributed by atoms with Crippen LogP contribution < -0.4 is 5.32 Å². The number of nitrogens with one attached hydrogen (secondary N) is 1. The summed E-state index contributed by atoms with van der Waals surface area (Å²) in [4.78, 5) is 128. The Morgan fingerprint density at radius 1 is 0.415 bits per heavy atom. The standard InChI is InChI=1S/2C38H46N2O5.C38H54N2O5/c1-25(26-8-5-4-6-9-26)40(24-35(42)43)34(41)15-16-36(44)45-29-17-19-37(2)28(22-29)11-12-30-32-14-13-31(27-10-7-21-39-23-27)38(32,3)20-18-33(30)37;1-25(36(43)44)40(24-26-8-5-4-6-9-26)34(41)15-16-35(42)45-29-17-19-37(2)28(22-29)11-12-30-32-14-13-31(27-10-7-21-39-23-27)38(32,3)20-18-33(30)37;1-4-5-6-7-8-9-12-33(36(43)44)40-34(41)17-18-35(42)45-28-19-21-37(2)27(24-28)13-14-29-31-16-15-30(26-11-10-23-39-25-26)38(31,3)22-20-32(29)37/h4-11,13,21,23,25,29-30,32-33H,12,14-20,22,24H2,1-3H3,(H,42,43);4-11,13,21,23,25,29-30,32-33H,12,14-20,22,24H2,1-3H3,(H,43,44);10-11,13,15,23,25,28-29,31-33H,4-9,12,14,16-22,24H2,1-3H3,(H,40,41)(H,43,44)/t25?,29-,30-,32-,33-,37-,38+;25-,29-,30-,32-,33-,37-,38+;28-,29-,31-,32-,33?,37-,38+/m000/s1. The first-order valence-corrected chi connectivity index (χ1v) is 51.0. The van der Waals surface area contributed by atoms with Crippen LogP contribution in [-0.2, 0) is 63.9 Å². The highest BCUT2D eigenvalue weighted by Crippen LogP contribution is 2.70. The number of pyridine rings is 3. The number of amides is 3. The van der Waals surface area contributed by atoms with Crippen molar-refractivity contribution in [2.24, 2.45) is 85.8 Å². The van der Waals surface area contributed by atoms with Gasteiger partial charge in [0.2, 0.25) is 17.7 Å². The Bertz CT molecular complexity index is 5110. The van der Waals surface area contributed by atoms with Crippen LogP contribution in [0.2, 0.25) is 0 Å². The predicted molar refractivity (Wildman–Crippen MR) is 521 cm³/mol. The first kappa shape index (κ1) is 99.1. The number of hydrogen-bond donors (Lipinski definition) is 4. The summed E-state index contributed by atoms with van der Waals surface area (Å²) >= 11 is 0. The van der Waals surface area contributed by atoms with Crippen LogP contribution in [-0.4, -0.2) is 131 Å². The molecule has 0 saturated heterocycles. The molecule has 4 N–H and O–H groups in total. The molecule has 6 saturated carbocycles. The average Bonchev–Trinajstić information content (AvgIpc) is 1.60. The first-order valence-electron chi connectivity index (χ1n) is 51.0. The summed E-state index contributed by atoms with van der Waals surface area (Å²) in [5.74, 6) is 0.374. The molecule has 2 unspecified atom stereocenters. The molecular weight excluding hydrogens is 1690 g/mol. The second-order valence-electron chi connectivity index (χ2n) is 43.0. The molecule has 0 aliphatic heterocycles. The Kier molecular flexibility index (Phi) is 31.6. The summed E-state index contributed by atoms with van der Waals surface area (Å²) in [6, 6.07) is 29.1. The van der Waals surface area contributed by atoms with Crippen molar-refractivity contribution in [1.29, 1.82) is 0 Å². The maximum absolute atomic E-state index is 13.1. The molecule has 12 aliphatic carbocycles. The molecule has 135 heavy (non-hydrogen) atoms.